The number of hydrogen-bond donors (Lipinski definition) is 1. The van der Waals surface area contributed by atoms with Gasteiger partial charge in [0.2, 0.25) is 11.1 Å². The summed E-state index contributed by atoms with van der Waals surface area (Å²) in [5, 5.41) is 7.52. The average molecular weight is 426 g/mol. The summed E-state index contributed by atoms with van der Waals surface area (Å²) in [6.45, 7) is 9.51. The fourth-order valence-corrected chi connectivity index (χ4v) is 3.97. The van der Waals surface area contributed by atoms with Crippen LogP contribution in [0.1, 0.15) is 60.9 Å². The first-order valence-electron chi connectivity index (χ1n) is 10.1. The molecule has 2 heterocycles. The Labute approximate surface area is 180 Å². The van der Waals surface area contributed by atoms with E-state index in [1.54, 1.807) is 35.7 Å². The zero-order valence-corrected chi connectivity index (χ0v) is 18.8. The summed E-state index contributed by atoms with van der Waals surface area (Å²) in [5.74, 6) is 0.331. The van der Waals surface area contributed by atoms with Crippen molar-refractivity contribution in [2.45, 2.75) is 64.3 Å². The highest BCUT2D eigenvalue weighted by atomic mass is 32.2. The van der Waals surface area contributed by atoms with Crippen LogP contribution in [0, 0.1) is 13.8 Å². The maximum Gasteiger partial charge on any atom is 0.253 e. The summed E-state index contributed by atoms with van der Waals surface area (Å²) in [6, 6.07) is 6.91. The minimum Gasteiger partial charge on any atom is -0.325 e. The van der Waals surface area contributed by atoms with E-state index in [0.717, 1.165) is 30.7 Å². The molecule has 0 bridgehead atoms. The van der Waals surface area contributed by atoms with Crippen LogP contribution in [0.2, 0.25) is 0 Å². The van der Waals surface area contributed by atoms with Gasteiger partial charge in [-0.15, -0.1) is 5.10 Å². The Hall–Kier alpha value is -2.74. The molecular formula is C22H27N5O2S. The Balaban J connectivity index is 1.75. The second-order valence-corrected chi connectivity index (χ2v) is 8.67. The zero-order chi connectivity index (χ0) is 21.8. The number of ketones is 1. The Bertz CT molecular complexity index is 1090. The normalized spacial score (nSPS) is 12.2. The molecule has 8 heteroatoms. The highest BCUT2D eigenvalue weighted by Crippen LogP contribution is 2.24. The molecule has 1 unspecified atom stereocenters. The maximum atomic E-state index is 12.6. The molecule has 0 saturated heterocycles. The number of fused-ring (bicyclic) bond motifs is 1. The van der Waals surface area contributed by atoms with Gasteiger partial charge in [0.25, 0.3) is 5.78 Å². The number of nitrogens with zero attached hydrogens (tertiary/aromatic N) is 4. The van der Waals surface area contributed by atoms with Crippen molar-refractivity contribution in [1.29, 1.82) is 0 Å². The number of aromatic nitrogens is 4. The summed E-state index contributed by atoms with van der Waals surface area (Å²) in [7, 11) is 0. The molecule has 3 rings (SSSR count). The molecular weight excluding hydrogens is 398 g/mol. The number of amides is 1. The smallest absolute Gasteiger partial charge is 0.253 e. The van der Waals surface area contributed by atoms with Gasteiger partial charge < -0.3 is 5.32 Å². The van der Waals surface area contributed by atoms with E-state index in [0.29, 0.717) is 22.2 Å². The van der Waals surface area contributed by atoms with E-state index in [1.165, 1.54) is 24.2 Å². The fraction of sp³-hybridized carbons (Fsp3) is 0.409. The molecule has 0 aliphatic heterocycles. The summed E-state index contributed by atoms with van der Waals surface area (Å²) >= 11 is 1.28. The van der Waals surface area contributed by atoms with Gasteiger partial charge in [-0.2, -0.15) is 4.98 Å². The largest absolute Gasteiger partial charge is 0.325 e. The van der Waals surface area contributed by atoms with Gasteiger partial charge in [0.15, 0.2) is 5.78 Å². The van der Waals surface area contributed by atoms with Gasteiger partial charge in [0.05, 0.1) is 5.25 Å². The summed E-state index contributed by atoms with van der Waals surface area (Å²) in [5.41, 5.74) is 4.39. The number of thioether (sulfide) groups is 1. The SMILES string of the molecule is CCCCc1c(C)nc2nc(SC(C)C(=O)Nc3cccc(C(C)=O)c3)nn2c1C. The van der Waals surface area contributed by atoms with Gasteiger partial charge in [-0.3, -0.25) is 9.59 Å². The van der Waals surface area contributed by atoms with Crippen LogP contribution in [0.4, 0.5) is 5.69 Å². The predicted octanol–water partition coefficient (Wildman–Crippen LogP) is 4.41. The Morgan fingerprint density at radius 3 is 2.70 bits per heavy atom. The number of Topliss-reactive ketones (excluding diaryl/α,β-unsaturated/α-hetero) is 1. The van der Waals surface area contributed by atoms with Crippen molar-refractivity contribution in [3.05, 3.63) is 46.8 Å². The van der Waals surface area contributed by atoms with Crippen LogP contribution < -0.4 is 5.32 Å². The monoisotopic (exact) mass is 425 g/mol. The number of rotatable bonds is 8. The fourth-order valence-electron chi connectivity index (χ4n) is 3.23. The van der Waals surface area contributed by atoms with Crippen LogP contribution >= 0.6 is 11.8 Å². The molecule has 2 aromatic heterocycles. The predicted molar refractivity (Wildman–Crippen MR) is 119 cm³/mol. The van der Waals surface area contributed by atoms with E-state index in [9.17, 15) is 9.59 Å². The molecule has 0 spiro atoms. The number of carbonyl (C=O) groups excluding carboxylic acids is 2. The minimum atomic E-state index is -0.413. The second-order valence-electron chi connectivity index (χ2n) is 7.36. The van der Waals surface area contributed by atoms with Gasteiger partial charge in [-0.25, -0.2) is 9.50 Å². The lowest BCUT2D eigenvalue weighted by molar-refractivity contribution is -0.115. The second kappa shape index (κ2) is 9.38. The van der Waals surface area contributed by atoms with Crippen molar-refractivity contribution in [3.63, 3.8) is 0 Å². The van der Waals surface area contributed by atoms with Crippen molar-refractivity contribution in [2.75, 3.05) is 5.32 Å². The summed E-state index contributed by atoms with van der Waals surface area (Å²) < 4.78 is 1.77. The topological polar surface area (TPSA) is 89.2 Å². The van der Waals surface area contributed by atoms with Gasteiger partial charge >= 0.3 is 0 Å². The molecule has 7 nitrogen and oxygen atoms in total. The molecule has 0 saturated carbocycles. The number of hydrogen-bond acceptors (Lipinski definition) is 6. The Morgan fingerprint density at radius 2 is 2.00 bits per heavy atom. The zero-order valence-electron chi connectivity index (χ0n) is 18.0. The standard InChI is InChI=1S/C22H27N5O2S/c1-6-7-11-19-13(2)23-21-25-22(26-27(21)14(19)3)30-16(5)20(29)24-18-10-8-9-17(12-18)15(4)28/h8-10,12,16H,6-7,11H2,1-5H3,(H,24,29). The third-order valence-corrected chi connectivity index (χ3v) is 5.95. The molecule has 1 aromatic carbocycles. The molecule has 1 N–H and O–H groups in total. The average Bonchev–Trinajstić information content (AvgIpc) is 3.10. The number of nitrogens with one attached hydrogen (secondary N) is 1. The quantitative estimate of drug-likeness (QED) is 0.425. The third-order valence-electron chi connectivity index (χ3n) is 5.00. The van der Waals surface area contributed by atoms with Crippen molar-refractivity contribution in [2.24, 2.45) is 0 Å². The Morgan fingerprint density at radius 1 is 1.23 bits per heavy atom. The van der Waals surface area contributed by atoms with Gasteiger partial charge in [-0.05, 0) is 58.2 Å². The highest BCUT2D eigenvalue weighted by Gasteiger charge is 2.19. The van der Waals surface area contributed by atoms with E-state index in [2.05, 4.69) is 27.3 Å². The first-order chi connectivity index (χ1) is 14.3. The molecule has 30 heavy (non-hydrogen) atoms. The Kier molecular flexibility index (Phi) is 6.87. The lowest BCUT2D eigenvalue weighted by Gasteiger charge is -2.10. The molecule has 1 amide bonds. The summed E-state index contributed by atoms with van der Waals surface area (Å²) in [4.78, 5) is 33.2. The van der Waals surface area contributed by atoms with Crippen molar-refractivity contribution in [3.8, 4) is 0 Å². The molecule has 0 fully saturated rings. The van der Waals surface area contributed by atoms with E-state index in [4.69, 9.17) is 0 Å². The van der Waals surface area contributed by atoms with Crippen LogP contribution in [0.15, 0.2) is 29.4 Å². The highest BCUT2D eigenvalue weighted by molar-refractivity contribution is 8.00. The van der Waals surface area contributed by atoms with Gasteiger partial charge in [0.1, 0.15) is 0 Å². The van der Waals surface area contributed by atoms with Crippen molar-refractivity contribution < 1.29 is 9.59 Å². The minimum absolute atomic E-state index is 0.0427. The number of aryl methyl sites for hydroxylation is 2. The molecule has 3 aromatic rings. The van der Waals surface area contributed by atoms with E-state index in [1.807, 2.05) is 13.8 Å². The lowest BCUT2D eigenvalue weighted by Crippen LogP contribution is -2.22. The summed E-state index contributed by atoms with van der Waals surface area (Å²) in [6.07, 6.45) is 3.20. The lowest BCUT2D eigenvalue weighted by atomic mass is 10.1. The van der Waals surface area contributed by atoms with E-state index < -0.39 is 5.25 Å². The van der Waals surface area contributed by atoms with E-state index >= 15 is 0 Å². The number of unbranched alkanes of at least 4 members (excludes halogenated alkanes) is 1. The van der Waals surface area contributed by atoms with Crippen LogP contribution in [-0.2, 0) is 11.2 Å². The van der Waals surface area contributed by atoms with Crippen molar-refractivity contribution >= 4 is 34.9 Å². The van der Waals surface area contributed by atoms with Crippen LogP contribution in [0.3, 0.4) is 0 Å². The molecule has 0 aliphatic rings. The first-order valence-corrected chi connectivity index (χ1v) is 11.0. The van der Waals surface area contributed by atoms with Gasteiger partial charge in [0, 0.05) is 22.6 Å². The van der Waals surface area contributed by atoms with Crippen LogP contribution in [-0.4, -0.2) is 36.5 Å². The van der Waals surface area contributed by atoms with Gasteiger partial charge in [-0.1, -0.05) is 37.2 Å². The first kappa shape index (κ1) is 22.0. The molecule has 1 atom stereocenters. The number of benzene rings is 1. The molecule has 0 aliphatic carbocycles. The van der Waals surface area contributed by atoms with Crippen LogP contribution in [0.25, 0.3) is 5.78 Å². The van der Waals surface area contributed by atoms with Crippen molar-refractivity contribution in [1.82, 2.24) is 19.6 Å². The van der Waals surface area contributed by atoms with E-state index in [-0.39, 0.29) is 11.7 Å². The maximum absolute atomic E-state index is 12.6. The number of anilines is 1. The van der Waals surface area contributed by atoms with Crippen LogP contribution in [0.5, 0.6) is 0 Å². The third kappa shape index (κ3) is 4.87. The molecule has 158 valence electrons. The number of carbonyl (C=O) groups is 2. The molecule has 0 radical (unpaired) electrons.